The van der Waals surface area contributed by atoms with Gasteiger partial charge in [-0.25, -0.2) is 4.98 Å². The van der Waals surface area contributed by atoms with Crippen molar-refractivity contribution in [2.24, 2.45) is 0 Å². The van der Waals surface area contributed by atoms with Gasteiger partial charge in [0.25, 0.3) is 11.8 Å². The number of benzene rings is 1. The molecule has 1 aliphatic heterocycles. The van der Waals surface area contributed by atoms with Gasteiger partial charge in [0.05, 0.1) is 17.1 Å². The fraction of sp³-hybridized carbons (Fsp3) is 0.133. The van der Waals surface area contributed by atoms with Crippen molar-refractivity contribution < 1.29 is 14.3 Å². The molecule has 25 heavy (non-hydrogen) atoms. The third kappa shape index (κ3) is 3.08. The van der Waals surface area contributed by atoms with Crippen molar-refractivity contribution >= 4 is 45.5 Å². The van der Waals surface area contributed by atoms with Gasteiger partial charge in [0.1, 0.15) is 10.6 Å². The van der Waals surface area contributed by atoms with E-state index >= 15 is 0 Å². The number of hydrogen-bond acceptors (Lipinski definition) is 8. The first-order valence-electron chi connectivity index (χ1n) is 7.23. The average molecular weight is 373 g/mol. The monoisotopic (exact) mass is 373 g/mol. The minimum atomic E-state index is -0.278. The maximum absolute atomic E-state index is 12.2. The number of fused-ring (bicyclic) bond motifs is 1. The van der Waals surface area contributed by atoms with E-state index < -0.39 is 0 Å². The number of anilines is 2. The van der Waals surface area contributed by atoms with Crippen LogP contribution in [0.1, 0.15) is 15.4 Å². The number of ether oxygens (including phenoxy) is 1. The SMILES string of the molecule is Cc1nnsc1C(=O)Nc1nc(-c2ccc3c(c2)NC(=O)CO3)cs1. The Morgan fingerprint density at radius 2 is 2.28 bits per heavy atom. The first-order valence-corrected chi connectivity index (χ1v) is 8.88. The van der Waals surface area contributed by atoms with Gasteiger partial charge in [-0.05, 0) is 36.7 Å². The highest BCUT2D eigenvalue weighted by Gasteiger charge is 2.18. The number of nitrogens with zero attached hydrogens (tertiary/aromatic N) is 3. The molecule has 0 saturated carbocycles. The van der Waals surface area contributed by atoms with E-state index in [9.17, 15) is 9.59 Å². The number of aryl methyl sites for hydroxylation is 1. The van der Waals surface area contributed by atoms with Gasteiger partial charge in [-0.2, -0.15) is 0 Å². The number of rotatable bonds is 3. The van der Waals surface area contributed by atoms with Crippen molar-refractivity contribution in [3.63, 3.8) is 0 Å². The van der Waals surface area contributed by atoms with Crippen molar-refractivity contribution in [2.45, 2.75) is 6.92 Å². The molecule has 0 unspecified atom stereocenters. The molecular formula is C15H11N5O3S2. The molecule has 4 rings (SSSR count). The van der Waals surface area contributed by atoms with E-state index in [4.69, 9.17) is 4.74 Å². The van der Waals surface area contributed by atoms with Gasteiger partial charge in [0.15, 0.2) is 11.7 Å². The fourth-order valence-corrected chi connectivity index (χ4v) is 3.57. The van der Waals surface area contributed by atoms with Crippen LogP contribution in [0.2, 0.25) is 0 Å². The van der Waals surface area contributed by atoms with Gasteiger partial charge < -0.3 is 10.1 Å². The van der Waals surface area contributed by atoms with Crippen LogP contribution in [0.25, 0.3) is 11.3 Å². The van der Waals surface area contributed by atoms with E-state index in [1.807, 2.05) is 11.4 Å². The molecule has 2 aromatic heterocycles. The van der Waals surface area contributed by atoms with Crippen LogP contribution in [0.5, 0.6) is 5.75 Å². The molecule has 0 fully saturated rings. The molecule has 0 aliphatic carbocycles. The normalized spacial score (nSPS) is 12.9. The summed E-state index contributed by atoms with van der Waals surface area (Å²) in [6.07, 6.45) is 0. The maximum Gasteiger partial charge on any atom is 0.271 e. The van der Waals surface area contributed by atoms with Crippen molar-refractivity contribution in [1.29, 1.82) is 0 Å². The minimum Gasteiger partial charge on any atom is -0.482 e. The second-order valence-corrected chi connectivity index (χ2v) is 6.84. The lowest BCUT2D eigenvalue weighted by molar-refractivity contribution is -0.118. The van der Waals surface area contributed by atoms with Gasteiger partial charge in [-0.15, -0.1) is 16.4 Å². The molecule has 8 nitrogen and oxygen atoms in total. The molecule has 0 bridgehead atoms. The lowest BCUT2D eigenvalue weighted by Crippen LogP contribution is -2.25. The number of nitrogens with one attached hydrogen (secondary N) is 2. The number of carbonyl (C=O) groups is 2. The van der Waals surface area contributed by atoms with Gasteiger partial charge in [-0.1, -0.05) is 4.49 Å². The van der Waals surface area contributed by atoms with E-state index in [2.05, 4.69) is 25.2 Å². The maximum atomic E-state index is 12.2. The third-order valence-corrected chi connectivity index (χ3v) is 5.08. The third-order valence-electron chi connectivity index (χ3n) is 3.49. The van der Waals surface area contributed by atoms with E-state index in [0.717, 1.165) is 17.1 Å². The zero-order chi connectivity index (χ0) is 17.4. The summed E-state index contributed by atoms with van der Waals surface area (Å²) in [6, 6.07) is 5.44. The summed E-state index contributed by atoms with van der Waals surface area (Å²) in [5.41, 5.74) is 2.71. The molecule has 1 aromatic carbocycles. The Bertz CT molecular complexity index is 981. The quantitative estimate of drug-likeness (QED) is 0.731. The van der Waals surface area contributed by atoms with E-state index in [1.54, 1.807) is 19.1 Å². The van der Waals surface area contributed by atoms with Gasteiger partial charge >= 0.3 is 0 Å². The van der Waals surface area contributed by atoms with Crippen LogP contribution in [0, 0.1) is 6.92 Å². The summed E-state index contributed by atoms with van der Waals surface area (Å²) >= 11 is 2.36. The Morgan fingerprint density at radius 3 is 3.08 bits per heavy atom. The second kappa shape index (κ2) is 6.22. The first-order chi connectivity index (χ1) is 12.1. The highest BCUT2D eigenvalue weighted by molar-refractivity contribution is 7.14. The Balaban J connectivity index is 1.55. The molecule has 10 heteroatoms. The van der Waals surface area contributed by atoms with Crippen LogP contribution < -0.4 is 15.4 Å². The summed E-state index contributed by atoms with van der Waals surface area (Å²) in [6.45, 7) is 1.75. The zero-order valence-corrected chi connectivity index (χ0v) is 14.5. The van der Waals surface area contributed by atoms with E-state index in [0.29, 0.717) is 32.8 Å². The van der Waals surface area contributed by atoms with Crippen LogP contribution in [0.4, 0.5) is 10.8 Å². The molecule has 3 heterocycles. The Morgan fingerprint density at radius 1 is 1.40 bits per heavy atom. The molecule has 0 spiro atoms. The summed E-state index contributed by atoms with van der Waals surface area (Å²) in [5.74, 6) is 0.157. The second-order valence-electron chi connectivity index (χ2n) is 5.23. The van der Waals surface area contributed by atoms with Crippen LogP contribution >= 0.6 is 22.9 Å². The number of amides is 2. The summed E-state index contributed by atoms with van der Waals surface area (Å²) in [7, 11) is 0. The summed E-state index contributed by atoms with van der Waals surface area (Å²) in [4.78, 5) is 28.5. The highest BCUT2D eigenvalue weighted by Crippen LogP contribution is 2.33. The van der Waals surface area contributed by atoms with E-state index in [1.165, 1.54) is 11.3 Å². The molecule has 0 radical (unpaired) electrons. The lowest BCUT2D eigenvalue weighted by atomic mass is 10.1. The van der Waals surface area contributed by atoms with Crippen molar-refractivity contribution in [3.05, 3.63) is 34.2 Å². The Kier molecular flexibility index (Phi) is 3.90. The van der Waals surface area contributed by atoms with Crippen LogP contribution in [-0.4, -0.2) is 33.0 Å². The number of thiazole rings is 1. The first kappa shape index (κ1) is 15.7. The molecule has 2 amide bonds. The van der Waals surface area contributed by atoms with Gasteiger partial charge in [-0.3, -0.25) is 14.9 Å². The lowest BCUT2D eigenvalue weighted by Gasteiger charge is -2.18. The molecule has 0 saturated heterocycles. The number of aromatic nitrogens is 3. The smallest absolute Gasteiger partial charge is 0.271 e. The largest absolute Gasteiger partial charge is 0.482 e. The topological polar surface area (TPSA) is 106 Å². The molecular weight excluding hydrogens is 362 g/mol. The molecule has 1 aliphatic rings. The molecule has 2 N–H and O–H groups in total. The van der Waals surface area contributed by atoms with Crippen molar-refractivity contribution in [3.8, 4) is 17.0 Å². The minimum absolute atomic E-state index is 0.0189. The zero-order valence-electron chi connectivity index (χ0n) is 12.9. The average Bonchev–Trinajstić information content (AvgIpc) is 3.23. The highest BCUT2D eigenvalue weighted by atomic mass is 32.1. The fourth-order valence-electron chi connectivity index (χ4n) is 2.30. The standard InChI is InChI=1S/C15H11N5O3S2/c1-7-13(25-20-19-7)14(22)18-15-17-10(6-24-15)8-2-3-11-9(4-8)16-12(21)5-23-11/h2-4,6H,5H2,1H3,(H,16,21)(H,17,18,22). The van der Waals surface area contributed by atoms with E-state index in [-0.39, 0.29) is 18.4 Å². The van der Waals surface area contributed by atoms with Crippen LogP contribution in [0.15, 0.2) is 23.6 Å². The summed E-state index contributed by atoms with van der Waals surface area (Å²) < 4.78 is 9.09. The molecule has 0 atom stereocenters. The Labute approximate surface area is 150 Å². The van der Waals surface area contributed by atoms with Gasteiger partial charge in [0.2, 0.25) is 0 Å². The Hall–Kier alpha value is -2.85. The molecule has 126 valence electrons. The predicted octanol–water partition coefficient (Wildman–Crippen LogP) is 2.55. The van der Waals surface area contributed by atoms with Crippen LogP contribution in [-0.2, 0) is 4.79 Å². The summed E-state index contributed by atoms with van der Waals surface area (Å²) in [5, 5.41) is 11.6. The molecule has 3 aromatic rings. The van der Waals surface area contributed by atoms with Gasteiger partial charge in [0, 0.05) is 10.9 Å². The van der Waals surface area contributed by atoms with Crippen LogP contribution in [0.3, 0.4) is 0 Å². The predicted molar refractivity (Wildman–Crippen MR) is 94.3 cm³/mol. The van der Waals surface area contributed by atoms with Crippen molar-refractivity contribution in [2.75, 3.05) is 17.2 Å². The van der Waals surface area contributed by atoms with Crippen molar-refractivity contribution in [1.82, 2.24) is 14.6 Å². The number of carbonyl (C=O) groups excluding carboxylic acids is 2. The number of hydrogen-bond donors (Lipinski definition) is 2.